The molecule has 0 bridgehead atoms. The van der Waals surface area contributed by atoms with E-state index in [1.54, 1.807) is 0 Å². The van der Waals surface area contributed by atoms with E-state index in [-0.39, 0.29) is 35.4 Å². The number of aliphatic hydroxyl groups excluding tert-OH is 1. The van der Waals surface area contributed by atoms with Gasteiger partial charge in [-0.05, 0) is 73.5 Å². The van der Waals surface area contributed by atoms with E-state index in [2.05, 4.69) is 13.8 Å². The summed E-state index contributed by atoms with van der Waals surface area (Å²) in [6, 6.07) is 0. The number of fused-ring (bicyclic) bond motifs is 5. The van der Waals surface area contributed by atoms with Crippen LogP contribution in [0.5, 0.6) is 0 Å². The Labute approximate surface area is 145 Å². The van der Waals surface area contributed by atoms with Crippen molar-refractivity contribution in [3.8, 4) is 0 Å². The van der Waals surface area contributed by atoms with Crippen molar-refractivity contribution in [1.82, 2.24) is 0 Å². The smallest absolute Gasteiger partial charge is 0.202 e. The van der Waals surface area contributed by atoms with Gasteiger partial charge in [0.2, 0.25) is 11.6 Å². The lowest BCUT2D eigenvalue weighted by Crippen LogP contribution is -2.53. The van der Waals surface area contributed by atoms with Gasteiger partial charge >= 0.3 is 0 Å². The molecule has 0 aromatic carbocycles. The van der Waals surface area contributed by atoms with E-state index in [0.29, 0.717) is 23.7 Å². The predicted octanol–water partition coefficient (Wildman–Crippen LogP) is 3.78. The number of ketones is 2. The molecule has 0 amide bonds. The van der Waals surface area contributed by atoms with E-state index in [0.717, 1.165) is 18.8 Å². The number of rotatable bonds is 2. The minimum atomic E-state index is -0.238. The van der Waals surface area contributed by atoms with Gasteiger partial charge in [0.25, 0.3) is 0 Å². The Hall–Kier alpha value is -0.700. The molecule has 0 radical (unpaired) electrons. The van der Waals surface area contributed by atoms with Gasteiger partial charge in [-0.25, -0.2) is 0 Å². The van der Waals surface area contributed by atoms with Gasteiger partial charge in [0.05, 0.1) is 0 Å². The quantitative estimate of drug-likeness (QED) is 0.783. The van der Waals surface area contributed by atoms with Crippen LogP contribution in [0.1, 0.15) is 71.6 Å². The summed E-state index contributed by atoms with van der Waals surface area (Å²) < 4.78 is 0. The van der Waals surface area contributed by atoms with Crippen LogP contribution >= 0.6 is 0 Å². The molecule has 1 unspecified atom stereocenters. The van der Waals surface area contributed by atoms with Crippen LogP contribution in [-0.4, -0.2) is 23.3 Å². The Bertz CT molecular complexity index is 555. The number of hydrogen-bond donors (Lipinski definition) is 1. The Balaban J connectivity index is 1.69. The fourth-order valence-corrected chi connectivity index (χ4v) is 7.63. The summed E-state index contributed by atoms with van der Waals surface area (Å²) in [6.45, 7) is 4.68. The maximum atomic E-state index is 12.9. The molecule has 4 rings (SSSR count). The zero-order chi connectivity index (χ0) is 17.1. The van der Waals surface area contributed by atoms with Crippen LogP contribution in [0.3, 0.4) is 0 Å². The average Bonchev–Trinajstić information content (AvgIpc) is 2.75. The number of aliphatic hydroxyl groups is 1. The molecule has 3 heteroatoms. The Morgan fingerprint density at radius 3 is 2.50 bits per heavy atom. The van der Waals surface area contributed by atoms with Crippen LogP contribution < -0.4 is 0 Å². The molecule has 0 spiro atoms. The van der Waals surface area contributed by atoms with E-state index < -0.39 is 0 Å². The Kier molecular flexibility index (Phi) is 3.95. The van der Waals surface area contributed by atoms with Crippen LogP contribution in [0.25, 0.3) is 0 Å². The molecule has 0 saturated heterocycles. The van der Waals surface area contributed by atoms with E-state index in [9.17, 15) is 14.7 Å². The minimum Gasteiger partial charge on any atom is -0.396 e. The van der Waals surface area contributed by atoms with Crippen LogP contribution in [-0.2, 0) is 9.59 Å². The van der Waals surface area contributed by atoms with Crippen LogP contribution in [0.15, 0.2) is 0 Å². The second-order valence-corrected chi connectivity index (χ2v) is 9.61. The largest absolute Gasteiger partial charge is 0.396 e. The molecule has 0 aromatic heterocycles. The molecular weight excluding hydrogens is 300 g/mol. The number of Topliss-reactive ketones (excluding diaryl/α,β-unsaturated/α-hetero) is 2. The van der Waals surface area contributed by atoms with Crippen LogP contribution in [0.4, 0.5) is 0 Å². The van der Waals surface area contributed by atoms with Crippen molar-refractivity contribution in [2.45, 2.75) is 71.6 Å². The maximum Gasteiger partial charge on any atom is 0.202 e. The molecule has 0 aliphatic heterocycles. The summed E-state index contributed by atoms with van der Waals surface area (Å²) in [5.74, 6) is 1.29. The van der Waals surface area contributed by atoms with Gasteiger partial charge in [-0.1, -0.05) is 26.7 Å². The summed E-state index contributed by atoms with van der Waals surface area (Å²) in [5.41, 5.74) is 0.191. The monoisotopic (exact) mass is 332 g/mol. The molecular formula is C21H32O3. The number of hydrogen-bond acceptors (Lipinski definition) is 3. The third-order valence-corrected chi connectivity index (χ3v) is 8.85. The summed E-state index contributed by atoms with van der Waals surface area (Å²) in [4.78, 5) is 25.6. The first-order valence-corrected chi connectivity index (χ1v) is 10.1. The first-order valence-electron chi connectivity index (χ1n) is 10.1. The summed E-state index contributed by atoms with van der Waals surface area (Å²) >= 11 is 0. The van der Waals surface area contributed by atoms with Crippen molar-refractivity contribution in [2.24, 2.45) is 40.4 Å². The van der Waals surface area contributed by atoms with Crippen LogP contribution in [0.2, 0.25) is 0 Å². The first kappa shape index (κ1) is 16.8. The van der Waals surface area contributed by atoms with Gasteiger partial charge in [0.15, 0.2) is 0 Å². The summed E-state index contributed by atoms with van der Waals surface area (Å²) in [5, 5.41) is 9.40. The van der Waals surface area contributed by atoms with Gasteiger partial charge in [-0.3, -0.25) is 9.59 Å². The van der Waals surface area contributed by atoms with Crippen molar-refractivity contribution in [1.29, 1.82) is 0 Å². The third kappa shape index (κ3) is 2.06. The molecule has 0 aromatic rings. The fourth-order valence-electron chi connectivity index (χ4n) is 7.63. The standard InChI is InChI=1S/C21H32O3/c1-20-10-4-3-5-13(20)6-7-14-15(20)8-11-21(2)16(9-12-22)18(23)19(24)17(14)21/h13-17,22H,3-12H2,1-2H3/t13?,14-,15+,16+,17-,20+,21-/m1/s1. The molecule has 1 N–H and O–H groups in total. The van der Waals surface area contributed by atoms with Gasteiger partial charge in [0, 0.05) is 18.4 Å². The van der Waals surface area contributed by atoms with Gasteiger partial charge in [-0.15, -0.1) is 0 Å². The highest BCUT2D eigenvalue weighted by molar-refractivity contribution is 6.41. The predicted molar refractivity (Wildman–Crippen MR) is 92.3 cm³/mol. The Morgan fingerprint density at radius 1 is 0.958 bits per heavy atom. The van der Waals surface area contributed by atoms with Gasteiger partial charge in [-0.2, -0.15) is 0 Å². The van der Waals surface area contributed by atoms with E-state index in [1.807, 2.05) is 0 Å². The molecule has 0 heterocycles. The highest BCUT2D eigenvalue weighted by atomic mass is 16.3. The summed E-state index contributed by atoms with van der Waals surface area (Å²) in [6.07, 6.45) is 10.4. The molecule has 24 heavy (non-hydrogen) atoms. The molecule has 4 aliphatic carbocycles. The fraction of sp³-hybridized carbons (Fsp3) is 0.905. The van der Waals surface area contributed by atoms with Crippen molar-refractivity contribution in [3.05, 3.63) is 0 Å². The molecule has 134 valence electrons. The second kappa shape index (κ2) is 5.65. The van der Waals surface area contributed by atoms with E-state index >= 15 is 0 Å². The Morgan fingerprint density at radius 2 is 1.75 bits per heavy atom. The first-order chi connectivity index (χ1) is 11.4. The van der Waals surface area contributed by atoms with Crippen molar-refractivity contribution < 1.29 is 14.7 Å². The number of carbonyl (C=O) groups is 2. The van der Waals surface area contributed by atoms with Crippen LogP contribution in [0, 0.1) is 40.4 Å². The highest BCUT2D eigenvalue weighted by Gasteiger charge is 2.65. The van der Waals surface area contributed by atoms with Crippen molar-refractivity contribution in [2.75, 3.05) is 6.61 Å². The third-order valence-electron chi connectivity index (χ3n) is 8.85. The van der Waals surface area contributed by atoms with E-state index in [4.69, 9.17) is 0 Å². The highest BCUT2D eigenvalue weighted by Crippen LogP contribution is 2.66. The van der Waals surface area contributed by atoms with Gasteiger partial charge < -0.3 is 5.11 Å². The molecule has 4 aliphatic rings. The zero-order valence-electron chi connectivity index (χ0n) is 15.2. The van der Waals surface area contributed by atoms with Crippen molar-refractivity contribution >= 4 is 11.6 Å². The molecule has 7 atom stereocenters. The lowest BCUT2D eigenvalue weighted by molar-refractivity contribution is -0.143. The van der Waals surface area contributed by atoms with Gasteiger partial charge in [0.1, 0.15) is 0 Å². The lowest BCUT2D eigenvalue weighted by atomic mass is 9.44. The second-order valence-electron chi connectivity index (χ2n) is 9.61. The average molecular weight is 332 g/mol. The normalized spacial score (nSPS) is 51.0. The SMILES string of the molecule is C[C@]12CC[C@H]3[C@@H](CCC4CCCC[C@@]43C)[C@@H]1C(=O)C(=O)[C@@H]2CCO. The summed E-state index contributed by atoms with van der Waals surface area (Å²) in [7, 11) is 0. The zero-order valence-corrected chi connectivity index (χ0v) is 15.2. The number of carbonyl (C=O) groups excluding carboxylic acids is 2. The molecule has 4 fully saturated rings. The maximum absolute atomic E-state index is 12.9. The lowest BCUT2D eigenvalue weighted by Gasteiger charge is -2.59. The molecule has 4 saturated carbocycles. The minimum absolute atomic E-state index is 0.0138. The van der Waals surface area contributed by atoms with Crippen molar-refractivity contribution in [3.63, 3.8) is 0 Å². The van der Waals surface area contributed by atoms with E-state index in [1.165, 1.54) is 38.5 Å². The molecule has 3 nitrogen and oxygen atoms in total. The topological polar surface area (TPSA) is 54.4 Å².